The average Bonchev–Trinajstić information content (AvgIpc) is 3.00. The molecule has 4 amide bonds. The number of hydrogen-bond donors (Lipinski definition) is 2. The van der Waals surface area contributed by atoms with Crippen LogP contribution in [0.15, 0.2) is 83.0 Å². The van der Waals surface area contributed by atoms with E-state index in [4.69, 9.17) is 0 Å². The maximum Gasteiger partial charge on any atom is 0.266 e. The number of fused-ring (bicyclic) bond motifs is 1. The summed E-state index contributed by atoms with van der Waals surface area (Å²) >= 11 is 0. The minimum atomic E-state index is -0.647. The summed E-state index contributed by atoms with van der Waals surface area (Å²) in [6.07, 6.45) is 2.74. The first-order valence-corrected chi connectivity index (χ1v) is 9.38. The Balaban J connectivity index is 1.56. The topological polar surface area (TPSA) is 115 Å². The molecule has 1 aliphatic carbocycles. The zero-order valence-corrected chi connectivity index (χ0v) is 15.9. The van der Waals surface area contributed by atoms with Gasteiger partial charge in [0, 0.05) is 23.3 Å². The molecule has 2 heterocycles. The molecule has 2 aliphatic heterocycles. The predicted molar refractivity (Wildman–Crippen MR) is 109 cm³/mol. The van der Waals surface area contributed by atoms with E-state index in [9.17, 15) is 29.4 Å². The molecule has 2 aromatic rings. The first-order chi connectivity index (χ1) is 14.9. The third-order valence-corrected chi connectivity index (χ3v) is 5.35. The van der Waals surface area contributed by atoms with Gasteiger partial charge in [0.1, 0.15) is 11.5 Å². The second-order valence-electron chi connectivity index (χ2n) is 7.20. The van der Waals surface area contributed by atoms with E-state index in [0.29, 0.717) is 0 Å². The zero-order chi connectivity index (χ0) is 21.9. The van der Waals surface area contributed by atoms with E-state index in [1.807, 2.05) is 0 Å². The normalized spacial score (nSPS) is 18.2. The number of rotatable bonds is 2. The maximum absolute atomic E-state index is 13.0. The lowest BCUT2D eigenvalue weighted by Crippen LogP contribution is -2.31. The third kappa shape index (κ3) is 2.69. The number of anilines is 2. The molecule has 31 heavy (non-hydrogen) atoms. The van der Waals surface area contributed by atoms with Crippen LogP contribution in [-0.4, -0.2) is 33.8 Å². The second-order valence-corrected chi connectivity index (χ2v) is 7.20. The number of amides is 4. The number of carbonyl (C=O) groups excluding carboxylic acids is 4. The molecule has 0 radical (unpaired) electrons. The van der Waals surface area contributed by atoms with Crippen LogP contribution in [0.2, 0.25) is 0 Å². The van der Waals surface area contributed by atoms with E-state index >= 15 is 0 Å². The summed E-state index contributed by atoms with van der Waals surface area (Å²) in [5.41, 5.74) is 0.737. The third-order valence-electron chi connectivity index (χ3n) is 5.35. The molecule has 2 N–H and O–H groups in total. The highest BCUT2D eigenvalue weighted by Crippen LogP contribution is 2.39. The Labute approximate surface area is 175 Å². The van der Waals surface area contributed by atoms with Crippen molar-refractivity contribution in [2.24, 2.45) is 0 Å². The van der Waals surface area contributed by atoms with E-state index in [1.165, 1.54) is 60.7 Å². The van der Waals surface area contributed by atoms with Gasteiger partial charge >= 0.3 is 0 Å². The molecule has 1 saturated heterocycles. The Morgan fingerprint density at radius 3 is 1.81 bits per heavy atom. The zero-order valence-electron chi connectivity index (χ0n) is 15.9. The van der Waals surface area contributed by atoms with Crippen LogP contribution in [-0.2, 0) is 19.2 Å². The van der Waals surface area contributed by atoms with E-state index in [2.05, 4.69) is 0 Å². The molecule has 8 heteroatoms. The number of aromatic hydroxyl groups is 2. The van der Waals surface area contributed by atoms with Gasteiger partial charge in [0.05, 0.1) is 22.5 Å². The van der Waals surface area contributed by atoms with Crippen molar-refractivity contribution in [1.82, 2.24) is 0 Å². The number of nitrogens with zero attached hydrogens (tertiary/aromatic N) is 2. The molecule has 2 aromatic carbocycles. The molecule has 0 aromatic heterocycles. The number of benzene rings is 2. The molecule has 3 aliphatic rings. The lowest BCUT2D eigenvalue weighted by atomic mass is 10.1. The van der Waals surface area contributed by atoms with Crippen molar-refractivity contribution in [3.05, 3.63) is 83.0 Å². The van der Waals surface area contributed by atoms with Gasteiger partial charge in [-0.05, 0) is 36.8 Å². The van der Waals surface area contributed by atoms with Crippen molar-refractivity contribution >= 4 is 35.0 Å². The summed E-state index contributed by atoms with van der Waals surface area (Å²) in [5, 5.41) is 19.4. The number of phenolic OH excluding ortho intramolecular Hbond substituents is 2. The van der Waals surface area contributed by atoms with Crippen molar-refractivity contribution in [2.75, 3.05) is 9.80 Å². The summed E-state index contributed by atoms with van der Waals surface area (Å²) in [6.45, 7) is 0. The lowest BCUT2D eigenvalue weighted by Gasteiger charge is -2.15. The largest absolute Gasteiger partial charge is 0.508 e. The highest BCUT2D eigenvalue weighted by molar-refractivity contribution is 6.39. The first kappa shape index (κ1) is 18.6. The molecule has 1 fully saturated rings. The van der Waals surface area contributed by atoms with Crippen molar-refractivity contribution in [1.29, 1.82) is 0 Å². The van der Waals surface area contributed by atoms with Crippen molar-refractivity contribution in [2.45, 2.75) is 6.42 Å². The van der Waals surface area contributed by atoms with Gasteiger partial charge in [-0.1, -0.05) is 18.2 Å². The van der Waals surface area contributed by atoms with E-state index in [0.717, 1.165) is 9.80 Å². The van der Waals surface area contributed by atoms with E-state index in [-0.39, 0.29) is 51.6 Å². The first-order valence-electron chi connectivity index (χ1n) is 9.38. The number of carbonyl (C=O) groups is 4. The van der Waals surface area contributed by atoms with Crippen LogP contribution < -0.4 is 9.80 Å². The fourth-order valence-electron chi connectivity index (χ4n) is 3.92. The van der Waals surface area contributed by atoms with Gasteiger partial charge in [0.15, 0.2) is 0 Å². The van der Waals surface area contributed by atoms with Crippen LogP contribution in [0.5, 0.6) is 11.5 Å². The standard InChI is InChI=1S/C23H14N2O6/c26-14-5-1-3-12(9-14)24-20(28)16-7-8-17-19(11-18(16)22(24)30)23(31)25(21(17)29)13-4-2-6-15(27)10-13/h1-7,9-11,26-27H,8H2. The number of imide groups is 2. The minimum absolute atomic E-state index is 0.00252. The molecule has 8 nitrogen and oxygen atoms in total. The van der Waals surface area contributed by atoms with Crippen LogP contribution in [0.3, 0.4) is 0 Å². The monoisotopic (exact) mass is 414 g/mol. The van der Waals surface area contributed by atoms with Crippen molar-refractivity contribution in [3.63, 3.8) is 0 Å². The quantitative estimate of drug-likeness (QED) is 0.728. The van der Waals surface area contributed by atoms with Crippen LogP contribution in [0, 0.1) is 0 Å². The minimum Gasteiger partial charge on any atom is -0.508 e. The summed E-state index contributed by atoms with van der Waals surface area (Å²) < 4.78 is 0. The molecular weight excluding hydrogens is 400 g/mol. The van der Waals surface area contributed by atoms with Gasteiger partial charge in [-0.2, -0.15) is 0 Å². The number of allylic oxidation sites excluding steroid dienone is 1. The van der Waals surface area contributed by atoms with Gasteiger partial charge in [-0.15, -0.1) is 0 Å². The smallest absolute Gasteiger partial charge is 0.266 e. The maximum atomic E-state index is 13.0. The summed E-state index contributed by atoms with van der Waals surface area (Å²) in [5.74, 6) is -2.64. The van der Waals surface area contributed by atoms with Gasteiger partial charge in [-0.3, -0.25) is 19.2 Å². The Bertz CT molecular complexity index is 1320. The number of phenols is 2. The van der Waals surface area contributed by atoms with Crippen molar-refractivity contribution in [3.8, 4) is 11.5 Å². The Morgan fingerprint density at radius 2 is 1.23 bits per heavy atom. The highest BCUT2D eigenvalue weighted by Gasteiger charge is 2.45. The molecule has 0 spiro atoms. The fraction of sp³-hybridized carbons (Fsp3) is 0.0435. The van der Waals surface area contributed by atoms with Crippen molar-refractivity contribution < 1.29 is 29.4 Å². The Hall–Kier alpha value is -4.46. The molecule has 5 rings (SSSR count). The average molecular weight is 414 g/mol. The van der Waals surface area contributed by atoms with Gasteiger partial charge in [-0.25, -0.2) is 9.80 Å². The molecule has 0 unspecified atom stereocenters. The van der Waals surface area contributed by atoms with Gasteiger partial charge < -0.3 is 10.2 Å². The van der Waals surface area contributed by atoms with Crippen LogP contribution in [0.4, 0.5) is 11.4 Å². The predicted octanol–water partition coefficient (Wildman–Crippen LogP) is 2.10. The van der Waals surface area contributed by atoms with Gasteiger partial charge in [0.2, 0.25) is 0 Å². The molecule has 0 atom stereocenters. The molecule has 152 valence electrons. The van der Waals surface area contributed by atoms with Crippen LogP contribution in [0.1, 0.15) is 6.42 Å². The fourth-order valence-corrected chi connectivity index (χ4v) is 3.92. The highest BCUT2D eigenvalue weighted by atomic mass is 16.3. The molecular formula is C23H14N2O6. The molecule has 0 bridgehead atoms. The molecule has 0 saturated carbocycles. The Morgan fingerprint density at radius 1 is 0.677 bits per heavy atom. The SMILES string of the molecule is O=C1C2=CCC3=C(C=C2C(=O)N1c1cccc(O)c1)C(=O)N(c1cccc(O)c1)C3=O. The van der Waals surface area contributed by atoms with Gasteiger partial charge in [0.25, 0.3) is 23.6 Å². The summed E-state index contributed by atoms with van der Waals surface area (Å²) in [7, 11) is 0. The Kier molecular flexibility index (Phi) is 3.91. The van der Waals surface area contributed by atoms with E-state index in [1.54, 1.807) is 0 Å². The van der Waals surface area contributed by atoms with E-state index < -0.39 is 23.6 Å². The summed E-state index contributed by atoms with van der Waals surface area (Å²) in [4.78, 5) is 53.8. The second kappa shape index (κ2) is 6.53. The van der Waals surface area contributed by atoms with Crippen LogP contribution in [0.25, 0.3) is 0 Å². The van der Waals surface area contributed by atoms with Crippen LogP contribution >= 0.6 is 0 Å². The number of hydrogen-bond acceptors (Lipinski definition) is 6. The summed E-state index contributed by atoms with van der Waals surface area (Å²) in [6, 6.07) is 11.5. The lowest BCUT2D eigenvalue weighted by molar-refractivity contribution is -0.121.